The molecule has 4 heterocycles. The molecule has 2 aromatic rings. The molecule has 0 spiro atoms. The molecule has 132 valence electrons. The molecule has 0 saturated carbocycles. The quantitative estimate of drug-likeness (QED) is 0.796. The van der Waals surface area contributed by atoms with Crippen LogP contribution >= 0.6 is 11.3 Å². The molecule has 0 bridgehead atoms. The lowest BCUT2D eigenvalue weighted by molar-refractivity contribution is -0.130. The van der Waals surface area contributed by atoms with Gasteiger partial charge in [0.15, 0.2) is 0 Å². The second kappa shape index (κ2) is 7.23. The lowest BCUT2D eigenvalue weighted by Crippen LogP contribution is -2.37. The number of carbonyl (C=O) groups is 1. The van der Waals surface area contributed by atoms with E-state index < -0.39 is 0 Å². The number of likely N-dealkylation sites (tertiary alicyclic amines) is 1. The highest BCUT2D eigenvalue weighted by molar-refractivity contribution is 7.10. The second-order valence-corrected chi connectivity index (χ2v) is 7.95. The normalized spacial score (nSPS) is 25.3. The van der Waals surface area contributed by atoms with Gasteiger partial charge in [-0.25, -0.2) is 0 Å². The number of ether oxygens (including phenoxy) is 2. The molecule has 2 aliphatic heterocycles. The summed E-state index contributed by atoms with van der Waals surface area (Å²) in [7, 11) is 0. The van der Waals surface area contributed by atoms with Gasteiger partial charge >= 0.3 is 0 Å². The lowest BCUT2D eigenvalue weighted by Gasteiger charge is -2.26. The summed E-state index contributed by atoms with van der Waals surface area (Å²) in [5, 5.41) is 2.02. The maximum absolute atomic E-state index is 12.6. The highest BCUT2D eigenvalue weighted by atomic mass is 32.1. The molecule has 0 radical (unpaired) electrons. The third-order valence-electron chi connectivity index (χ3n) is 5.14. The number of carbonyl (C=O) groups excluding carboxylic acids is 1. The van der Waals surface area contributed by atoms with Crippen LogP contribution in [0.3, 0.4) is 0 Å². The number of amides is 1. The first-order valence-electron chi connectivity index (χ1n) is 8.61. The number of nitrogens with zero attached hydrogens (tertiary/aromatic N) is 2. The minimum atomic E-state index is -0.0696. The van der Waals surface area contributed by atoms with Gasteiger partial charge in [0.2, 0.25) is 5.91 Å². The summed E-state index contributed by atoms with van der Waals surface area (Å²) >= 11 is 1.64. The van der Waals surface area contributed by atoms with Crippen LogP contribution in [0.4, 0.5) is 0 Å². The Morgan fingerprint density at radius 2 is 2.36 bits per heavy atom. The van der Waals surface area contributed by atoms with Crippen molar-refractivity contribution in [3.63, 3.8) is 0 Å². The fraction of sp³-hybridized carbons (Fsp3) is 0.474. The molecule has 2 aliphatic rings. The first kappa shape index (κ1) is 16.7. The van der Waals surface area contributed by atoms with Crippen LogP contribution in [0.25, 0.3) is 0 Å². The monoisotopic (exact) mass is 358 g/mol. The SMILES string of the molecule is O=C(Cc1cccs1)N1C[C@@H]2COC[C@]2(COCc2ccccn2)C1. The van der Waals surface area contributed by atoms with Crippen LogP contribution in [0.5, 0.6) is 0 Å². The average Bonchev–Trinajstić information content (AvgIpc) is 3.31. The van der Waals surface area contributed by atoms with E-state index in [1.54, 1.807) is 17.5 Å². The van der Waals surface area contributed by atoms with E-state index in [4.69, 9.17) is 9.47 Å². The fourth-order valence-electron chi connectivity index (χ4n) is 3.74. The van der Waals surface area contributed by atoms with Crippen molar-refractivity contribution in [2.45, 2.75) is 13.0 Å². The van der Waals surface area contributed by atoms with Crippen LogP contribution in [-0.2, 0) is 27.3 Å². The minimum Gasteiger partial charge on any atom is -0.380 e. The first-order valence-corrected chi connectivity index (χ1v) is 9.49. The molecule has 0 aliphatic carbocycles. The van der Waals surface area contributed by atoms with Gasteiger partial charge < -0.3 is 14.4 Å². The molecule has 5 nitrogen and oxygen atoms in total. The van der Waals surface area contributed by atoms with Gasteiger partial charge in [0, 0.05) is 35.5 Å². The van der Waals surface area contributed by atoms with Crippen molar-refractivity contribution < 1.29 is 14.3 Å². The minimum absolute atomic E-state index is 0.0696. The van der Waals surface area contributed by atoms with E-state index in [1.807, 2.05) is 40.6 Å². The predicted octanol–water partition coefficient (Wildman–Crippen LogP) is 2.38. The molecule has 2 atom stereocenters. The van der Waals surface area contributed by atoms with Gasteiger partial charge in [-0.3, -0.25) is 9.78 Å². The maximum Gasteiger partial charge on any atom is 0.227 e. The zero-order valence-corrected chi connectivity index (χ0v) is 14.9. The molecule has 4 rings (SSSR count). The summed E-state index contributed by atoms with van der Waals surface area (Å²) in [4.78, 5) is 20.0. The van der Waals surface area contributed by atoms with Crippen molar-refractivity contribution in [2.75, 3.05) is 32.9 Å². The number of thiophene rings is 1. The highest BCUT2D eigenvalue weighted by Crippen LogP contribution is 2.41. The van der Waals surface area contributed by atoms with E-state index >= 15 is 0 Å². The van der Waals surface area contributed by atoms with E-state index in [1.165, 1.54) is 0 Å². The van der Waals surface area contributed by atoms with Gasteiger partial charge in [-0.05, 0) is 23.6 Å². The van der Waals surface area contributed by atoms with Gasteiger partial charge in [0.05, 0.1) is 38.5 Å². The van der Waals surface area contributed by atoms with Gasteiger partial charge in [-0.2, -0.15) is 0 Å². The van der Waals surface area contributed by atoms with Gasteiger partial charge in [0.25, 0.3) is 0 Å². The van der Waals surface area contributed by atoms with Gasteiger partial charge in [-0.1, -0.05) is 12.1 Å². The first-order chi connectivity index (χ1) is 12.3. The average molecular weight is 358 g/mol. The summed E-state index contributed by atoms with van der Waals surface area (Å²) in [5.41, 5.74) is 0.859. The van der Waals surface area contributed by atoms with Crippen LogP contribution in [0.1, 0.15) is 10.6 Å². The maximum atomic E-state index is 12.6. The summed E-state index contributed by atoms with van der Waals surface area (Å²) in [6.45, 7) is 4.00. The summed E-state index contributed by atoms with van der Waals surface area (Å²) < 4.78 is 11.7. The Labute approximate surface area is 151 Å². The van der Waals surface area contributed by atoms with E-state index in [0.29, 0.717) is 32.2 Å². The summed E-state index contributed by atoms with van der Waals surface area (Å²) in [6, 6.07) is 9.84. The molecule has 0 aromatic carbocycles. The van der Waals surface area contributed by atoms with E-state index in [9.17, 15) is 4.79 Å². The van der Waals surface area contributed by atoms with Crippen molar-refractivity contribution in [3.05, 3.63) is 52.5 Å². The molecule has 0 unspecified atom stereocenters. The number of rotatable bonds is 6. The third kappa shape index (κ3) is 3.61. The fourth-order valence-corrected chi connectivity index (χ4v) is 4.44. The van der Waals surface area contributed by atoms with Gasteiger partial charge in [-0.15, -0.1) is 11.3 Å². The molecule has 2 aromatic heterocycles. The Balaban J connectivity index is 1.36. The standard InChI is InChI=1S/C19H22N2O3S/c22-18(8-17-5-3-7-25-17)21-9-15-10-23-13-19(15,12-21)14-24-11-16-4-1-2-6-20-16/h1-7,15H,8-14H2/t15-,19+/m1/s1. The number of fused-ring (bicyclic) bond motifs is 1. The summed E-state index contributed by atoms with van der Waals surface area (Å²) in [6.07, 6.45) is 2.27. The van der Waals surface area contributed by atoms with Crippen molar-refractivity contribution in [1.29, 1.82) is 0 Å². The van der Waals surface area contributed by atoms with Crippen molar-refractivity contribution in [2.24, 2.45) is 11.3 Å². The van der Waals surface area contributed by atoms with Crippen LogP contribution in [0.15, 0.2) is 41.9 Å². The van der Waals surface area contributed by atoms with Crippen molar-refractivity contribution in [3.8, 4) is 0 Å². The van der Waals surface area contributed by atoms with Crippen LogP contribution in [0, 0.1) is 11.3 Å². The van der Waals surface area contributed by atoms with Crippen molar-refractivity contribution in [1.82, 2.24) is 9.88 Å². The number of hydrogen-bond donors (Lipinski definition) is 0. The van der Waals surface area contributed by atoms with Crippen molar-refractivity contribution >= 4 is 17.2 Å². The van der Waals surface area contributed by atoms with Crippen LogP contribution in [0.2, 0.25) is 0 Å². The Kier molecular flexibility index (Phi) is 4.83. The molecular weight excluding hydrogens is 336 g/mol. The third-order valence-corrected chi connectivity index (χ3v) is 6.02. The molecule has 2 saturated heterocycles. The largest absolute Gasteiger partial charge is 0.380 e. The Morgan fingerprint density at radius 1 is 1.40 bits per heavy atom. The number of pyridine rings is 1. The molecule has 2 fully saturated rings. The number of hydrogen-bond acceptors (Lipinski definition) is 5. The Hall–Kier alpha value is -1.76. The van der Waals surface area contributed by atoms with E-state index in [0.717, 1.165) is 30.3 Å². The van der Waals surface area contributed by atoms with Gasteiger partial charge in [0.1, 0.15) is 0 Å². The van der Waals surface area contributed by atoms with Crippen LogP contribution in [-0.4, -0.2) is 48.7 Å². The highest BCUT2D eigenvalue weighted by Gasteiger charge is 2.51. The zero-order chi connectivity index (χ0) is 17.1. The smallest absolute Gasteiger partial charge is 0.227 e. The number of aromatic nitrogens is 1. The molecule has 6 heteroatoms. The van der Waals surface area contributed by atoms with E-state index in [2.05, 4.69) is 4.98 Å². The second-order valence-electron chi connectivity index (χ2n) is 6.92. The topological polar surface area (TPSA) is 51.7 Å². The predicted molar refractivity (Wildman–Crippen MR) is 95.2 cm³/mol. The lowest BCUT2D eigenvalue weighted by atomic mass is 9.82. The molecule has 1 amide bonds. The Bertz CT molecular complexity index is 707. The molecular formula is C19H22N2O3S. The summed E-state index contributed by atoms with van der Waals surface area (Å²) in [5.74, 6) is 0.574. The van der Waals surface area contributed by atoms with Crippen LogP contribution < -0.4 is 0 Å². The Morgan fingerprint density at radius 3 is 3.16 bits per heavy atom. The zero-order valence-electron chi connectivity index (χ0n) is 14.1. The molecule has 25 heavy (non-hydrogen) atoms. The molecule has 0 N–H and O–H groups in total. The van der Waals surface area contributed by atoms with E-state index in [-0.39, 0.29) is 11.3 Å².